The molecule has 128 valence electrons. The molecule has 2 N–H and O–H groups in total. The summed E-state index contributed by atoms with van der Waals surface area (Å²) in [6.07, 6.45) is 21.9. The molecule has 0 aliphatic rings. The van der Waals surface area contributed by atoms with Gasteiger partial charge in [0.1, 0.15) is 0 Å². The number of nitrogens with two attached hydrogens (primary N) is 1. The van der Waals surface area contributed by atoms with Crippen LogP contribution in [0.5, 0.6) is 0 Å². The first-order valence-electron chi connectivity index (χ1n) is 9.91. The Morgan fingerprint density at radius 2 is 0.810 bits per heavy atom. The molecule has 1 heteroatoms. The fourth-order valence-corrected chi connectivity index (χ4v) is 3.10. The first-order chi connectivity index (χ1) is 10.1. The molecule has 0 radical (unpaired) electrons. The largest absolute Gasteiger partial charge is 0.325 e. The van der Waals surface area contributed by atoms with Crippen LogP contribution in [-0.2, 0) is 0 Å². The molecule has 0 saturated carbocycles. The van der Waals surface area contributed by atoms with Gasteiger partial charge in [-0.3, -0.25) is 0 Å². The first kappa shape index (κ1) is 21.0. The van der Waals surface area contributed by atoms with Gasteiger partial charge in [0, 0.05) is 5.54 Å². The van der Waals surface area contributed by atoms with Crippen molar-refractivity contribution in [2.45, 2.75) is 129 Å². The Bertz CT molecular complexity index is 178. The van der Waals surface area contributed by atoms with Gasteiger partial charge in [-0.1, -0.05) is 104 Å². The third-order valence-electron chi connectivity index (χ3n) is 4.70. The van der Waals surface area contributed by atoms with Crippen molar-refractivity contribution >= 4 is 0 Å². The number of hydrogen-bond donors (Lipinski definition) is 1. The minimum atomic E-state index is 0.0901. The normalized spacial score (nSPS) is 12.0. The maximum atomic E-state index is 6.44. The molecular formula is C20H43N. The summed E-state index contributed by atoms with van der Waals surface area (Å²) < 4.78 is 0. The van der Waals surface area contributed by atoms with E-state index < -0.39 is 0 Å². The monoisotopic (exact) mass is 297 g/mol. The molecule has 0 heterocycles. The van der Waals surface area contributed by atoms with Crippen LogP contribution in [-0.4, -0.2) is 5.54 Å². The van der Waals surface area contributed by atoms with Crippen molar-refractivity contribution in [1.29, 1.82) is 0 Å². The molecule has 0 aliphatic carbocycles. The Balaban J connectivity index is 3.35. The number of hydrogen-bond acceptors (Lipinski definition) is 1. The predicted molar refractivity (Wildman–Crippen MR) is 97.8 cm³/mol. The van der Waals surface area contributed by atoms with Gasteiger partial charge in [0.05, 0.1) is 0 Å². The fraction of sp³-hybridized carbons (Fsp3) is 1.00. The van der Waals surface area contributed by atoms with Gasteiger partial charge in [0.15, 0.2) is 0 Å². The van der Waals surface area contributed by atoms with E-state index in [1.54, 1.807) is 0 Å². The summed E-state index contributed by atoms with van der Waals surface area (Å²) in [6.45, 7) is 6.83. The van der Waals surface area contributed by atoms with E-state index in [4.69, 9.17) is 5.73 Å². The predicted octanol–water partition coefficient (Wildman–Crippen LogP) is 6.99. The van der Waals surface area contributed by atoms with Crippen LogP contribution in [0, 0.1) is 0 Å². The average Bonchev–Trinajstić information content (AvgIpc) is 2.45. The van der Waals surface area contributed by atoms with Crippen LogP contribution in [0.15, 0.2) is 0 Å². The van der Waals surface area contributed by atoms with Crippen LogP contribution in [0.4, 0.5) is 0 Å². The van der Waals surface area contributed by atoms with Crippen LogP contribution in [0.25, 0.3) is 0 Å². The van der Waals surface area contributed by atoms with Crippen molar-refractivity contribution < 1.29 is 0 Å². The van der Waals surface area contributed by atoms with Crippen LogP contribution < -0.4 is 5.73 Å². The highest BCUT2D eigenvalue weighted by Crippen LogP contribution is 2.20. The quantitative estimate of drug-likeness (QED) is 0.305. The van der Waals surface area contributed by atoms with Gasteiger partial charge in [-0.2, -0.15) is 0 Å². The zero-order valence-electron chi connectivity index (χ0n) is 15.4. The summed E-state index contributed by atoms with van der Waals surface area (Å²) in [4.78, 5) is 0. The Kier molecular flexibility index (Phi) is 14.9. The lowest BCUT2D eigenvalue weighted by atomic mass is 9.89. The topological polar surface area (TPSA) is 26.0 Å². The summed E-state index contributed by atoms with van der Waals surface area (Å²) in [5.41, 5.74) is 6.53. The Labute approximate surface area is 135 Å². The van der Waals surface area contributed by atoms with Crippen molar-refractivity contribution in [1.82, 2.24) is 0 Å². The smallest absolute Gasteiger partial charge is 0.0125 e. The van der Waals surface area contributed by atoms with Gasteiger partial charge in [-0.05, 0) is 19.8 Å². The van der Waals surface area contributed by atoms with E-state index in [1.807, 2.05) is 0 Å². The van der Waals surface area contributed by atoms with Crippen LogP contribution in [0.3, 0.4) is 0 Å². The maximum Gasteiger partial charge on any atom is 0.0125 e. The molecule has 0 bridgehead atoms. The summed E-state index contributed by atoms with van der Waals surface area (Å²) in [5, 5.41) is 0. The van der Waals surface area contributed by atoms with Gasteiger partial charge < -0.3 is 5.73 Å². The lowest BCUT2D eigenvalue weighted by Gasteiger charge is -2.24. The van der Waals surface area contributed by atoms with Gasteiger partial charge in [0.25, 0.3) is 0 Å². The number of unbranched alkanes of at least 4 members (excludes halogenated alkanes) is 12. The van der Waals surface area contributed by atoms with Crippen molar-refractivity contribution in [3.8, 4) is 0 Å². The summed E-state index contributed by atoms with van der Waals surface area (Å²) >= 11 is 0. The Morgan fingerprint density at radius 1 is 0.524 bits per heavy atom. The Hall–Kier alpha value is -0.0400. The number of rotatable bonds is 16. The lowest BCUT2D eigenvalue weighted by Crippen LogP contribution is -2.35. The van der Waals surface area contributed by atoms with E-state index >= 15 is 0 Å². The third-order valence-corrected chi connectivity index (χ3v) is 4.70. The zero-order chi connectivity index (χ0) is 15.8. The van der Waals surface area contributed by atoms with Crippen LogP contribution >= 0.6 is 0 Å². The molecule has 0 aromatic carbocycles. The molecule has 21 heavy (non-hydrogen) atoms. The zero-order valence-corrected chi connectivity index (χ0v) is 15.4. The van der Waals surface area contributed by atoms with Gasteiger partial charge in [0.2, 0.25) is 0 Å². The van der Waals surface area contributed by atoms with E-state index in [0.29, 0.717) is 0 Å². The van der Waals surface area contributed by atoms with Crippen LogP contribution in [0.2, 0.25) is 0 Å². The van der Waals surface area contributed by atoms with Gasteiger partial charge in [-0.15, -0.1) is 0 Å². The lowest BCUT2D eigenvalue weighted by molar-refractivity contribution is 0.363. The summed E-state index contributed by atoms with van der Waals surface area (Å²) in [7, 11) is 0. The molecule has 0 saturated heterocycles. The first-order valence-corrected chi connectivity index (χ1v) is 9.91. The standard InChI is InChI=1S/C20H43N/c1-4-6-8-10-12-14-16-18-20(3,21)19-17-15-13-11-9-7-5-2/h4-19,21H2,1-3H3. The van der Waals surface area contributed by atoms with Crippen molar-refractivity contribution in [2.75, 3.05) is 0 Å². The van der Waals surface area contributed by atoms with Gasteiger partial charge >= 0.3 is 0 Å². The molecule has 0 fully saturated rings. The SMILES string of the molecule is CCCCCCCCCC(C)(N)CCCCCCCCC. The molecule has 0 rings (SSSR count). The average molecular weight is 298 g/mol. The minimum absolute atomic E-state index is 0.0901. The van der Waals surface area contributed by atoms with E-state index in [1.165, 1.54) is 103 Å². The Morgan fingerprint density at radius 3 is 1.14 bits per heavy atom. The van der Waals surface area contributed by atoms with Crippen molar-refractivity contribution in [3.05, 3.63) is 0 Å². The van der Waals surface area contributed by atoms with E-state index in [0.717, 1.165) is 0 Å². The highest BCUT2D eigenvalue weighted by molar-refractivity contribution is 4.78. The van der Waals surface area contributed by atoms with Crippen molar-refractivity contribution in [3.63, 3.8) is 0 Å². The second kappa shape index (κ2) is 14.9. The summed E-state index contributed by atoms with van der Waals surface area (Å²) in [6, 6.07) is 0. The molecule has 0 aromatic rings. The van der Waals surface area contributed by atoms with Crippen LogP contribution in [0.1, 0.15) is 124 Å². The molecule has 0 unspecified atom stereocenters. The molecule has 0 aliphatic heterocycles. The highest BCUT2D eigenvalue weighted by atomic mass is 14.7. The second-order valence-electron chi connectivity index (χ2n) is 7.40. The van der Waals surface area contributed by atoms with E-state index in [9.17, 15) is 0 Å². The molecule has 0 spiro atoms. The summed E-state index contributed by atoms with van der Waals surface area (Å²) in [5.74, 6) is 0. The molecule has 0 amide bonds. The molecule has 0 atom stereocenters. The highest BCUT2D eigenvalue weighted by Gasteiger charge is 2.16. The fourth-order valence-electron chi connectivity index (χ4n) is 3.10. The third kappa shape index (κ3) is 16.2. The van der Waals surface area contributed by atoms with Crippen molar-refractivity contribution in [2.24, 2.45) is 5.73 Å². The minimum Gasteiger partial charge on any atom is -0.325 e. The van der Waals surface area contributed by atoms with E-state index in [2.05, 4.69) is 20.8 Å². The molecule has 1 nitrogen and oxygen atoms in total. The van der Waals surface area contributed by atoms with E-state index in [-0.39, 0.29) is 5.54 Å². The second-order valence-corrected chi connectivity index (χ2v) is 7.40. The van der Waals surface area contributed by atoms with Gasteiger partial charge in [-0.25, -0.2) is 0 Å². The molecule has 0 aromatic heterocycles. The maximum absolute atomic E-state index is 6.44. The molecular weight excluding hydrogens is 254 g/mol.